The van der Waals surface area contributed by atoms with Crippen LogP contribution in [0.2, 0.25) is 0 Å². The van der Waals surface area contributed by atoms with Crippen LogP contribution in [0, 0.1) is 18.3 Å². The molecule has 0 spiro atoms. The minimum Gasteiger partial charge on any atom is -0.444 e. The second-order valence-corrected chi connectivity index (χ2v) is 11.1. The molecule has 0 aliphatic rings. The van der Waals surface area contributed by atoms with Crippen molar-refractivity contribution < 1.29 is 19.1 Å². The van der Waals surface area contributed by atoms with E-state index in [1.807, 2.05) is 13.8 Å². The quantitative estimate of drug-likeness (QED) is 0.188. The van der Waals surface area contributed by atoms with Gasteiger partial charge in [-0.25, -0.2) is 4.79 Å². The molecule has 7 nitrogen and oxygen atoms in total. The highest BCUT2D eigenvalue weighted by atomic mass is 32.1. The molecule has 0 saturated heterocycles. The van der Waals surface area contributed by atoms with E-state index >= 15 is 0 Å². The van der Waals surface area contributed by atoms with Crippen molar-refractivity contribution in [2.45, 2.75) is 97.9 Å². The summed E-state index contributed by atoms with van der Waals surface area (Å²) in [5.74, 6) is 2.39. The van der Waals surface area contributed by atoms with Crippen LogP contribution in [0.15, 0.2) is 24.3 Å². The van der Waals surface area contributed by atoms with Gasteiger partial charge in [0.15, 0.2) is 0 Å². The number of terminal acetylenes is 1. The van der Waals surface area contributed by atoms with Gasteiger partial charge < -0.3 is 20.3 Å². The van der Waals surface area contributed by atoms with E-state index in [2.05, 4.69) is 43.0 Å². The average molecular weight is 532 g/mol. The van der Waals surface area contributed by atoms with Gasteiger partial charge in [-0.1, -0.05) is 45.2 Å². The number of thiol groups is 1. The number of nitrogens with zero attached hydrogens (tertiary/aromatic N) is 1. The summed E-state index contributed by atoms with van der Waals surface area (Å²) < 4.78 is 5.37. The molecule has 0 bridgehead atoms. The predicted molar refractivity (Wildman–Crippen MR) is 152 cm³/mol. The van der Waals surface area contributed by atoms with Gasteiger partial charge in [0.1, 0.15) is 17.7 Å². The second kappa shape index (κ2) is 15.6. The van der Waals surface area contributed by atoms with E-state index in [-0.39, 0.29) is 17.7 Å². The first-order chi connectivity index (χ1) is 17.3. The lowest BCUT2D eigenvalue weighted by Gasteiger charge is -2.38. The number of amides is 3. The van der Waals surface area contributed by atoms with Crippen LogP contribution in [0.4, 0.5) is 4.79 Å². The number of nitrogens with one attached hydrogen (secondary N) is 2. The van der Waals surface area contributed by atoms with Crippen molar-refractivity contribution in [2.75, 3.05) is 12.3 Å². The molecule has 1 rings (SSSR count). The first kappa shape index (κ1) is 32.4. The van der Waals surface area contributed by atoms with Gasteiger partial charge in [-0.05, 0) is 70.6 Å². The molecular weight excluding hydrogens is 486 g/mol. The van der Waals surface area contributed by atoms with Gasteiger partial charge in [0, 0.05) is 23.9 Å². The monoisotopic (exact) mass is 531 g/mol. The zero-order chi connectivity index (χ0) is 28.2. The third-order valence-corrected chi connectivity index (χ3v) is 6.18. The molecule has 0 radical (unpaired) electrons. The molecule has 3 amide bonds. The van der Waals surface area contributed by atoms with E-state index in [9.17, 15) is 14.4 Å². The fraction of sp³-hybridized carbons (Fsp3) is 0.621. The normalized spacial score (nSPS) is 13.7. The van der Waals surface area contributed by atoms with Gasteiger partial charge in [0.2, 0.25) is 11.8 Å². The largest absolute Gasteiger partial charge is 0.444 e. The first-order valence-electron chi connectivity index (χ1n) is 13.1. The maximum atomic E-state index is 14.0. The molecule has 1 aromatic rings. The summed E-state index contributed by atoms with van der Waals surface area (Å²) >= 11 is 4.35. The van der Waals surface area contributed by atoms with Crippen molar-refractivity contribution in [2.24, 2.45) is 5.92 Å². The van der Waals surface area contributed by atoms with Gasteiger partial charge in [-0.3, -0.25) is 9.59 Å². The summed E-state index contributed by atoms with van der Waals surface area (Å²) in [6, 6.07) is 4.93. The maximum absolute atomic E-state index is 14.0. The molecule has 206 valence electrons. The van der Waals surface area contributed by atoms with Gasteiger partial charge in [0.25, 0.3) is 0 Å². The topological polar surface area (TPSA) is 87.7 Å². The Morgan fingerprint density at radius 2 is 1.73 bits per heavy atom. The fourth-order valence-electron chi connectivity index (χ4n) is 3.81. The Kier molecular flexibility index (Phi) is 13.6. The highest BCUT2D eigenvalue weighted by molar-refractivity contribution is 7.80. The number of rotatable bonds is 13. The summed E-state index contributed by atoms with van der Waals surface area (Å²) in [5, 5.41) is 5.64. The summed E-state index contributed by atoms with van der Waals surface area (Å²) in [6.07, 6.45) is 8.14. The van der Waals surface area contributed by atoms with Gasteiger partial charge in [-0.2, -0.15) is 12.6 Å². The van der Waals surface area contributed by atoms with Crippen LogP contribution >= 0.6 is 12.6 Å². The van der Waals surface area contributed by atoms with Crippen LogP contribution in [0.1, 0.15) is 91.3 Å². The van der Waals surface area contributed by atoms with Crippen molar-refractivity contribution in [3.63, 3.8) is 0 Å². The molecule has 37 heavy (non-hydrogen) atoms. The number of unbranched alkanes of at least 4 members (excludes halogenated alkanes) is 1. The summed E-state index contributed by atoms with van der Waals surface area (Å²) in [5.41, 5.74) is 0.603. The molecular formula is C29H45N3O4S. The molecule has 0 saturated carbocycles. The Labute approximate surface area is 228 Å². The molecule has 8 heteroatoms. The number of carbonyl (C=O) groups excluding carboxylic acids is 3. The molecule has 0 aliphatic heterocycles. The maximum Gasteiger partial charge on any atom is 0.408 e. The van der Waals surface area contributed by atoms with Crippen molar-refractivity contribution in [3.8, 4) is 12.3 Å². The van der Waals surface area contributed by atoms with Gasteiger partial charge >= 0.3 is 6.09 Å². The van der Waals surface area contributed by atoms with Crippen molar-refractivity contribution in [1.82, 2.24) is 15.5 Å². The smallest absolute Gasteiger partial charge is 0.408 e. The molecule has 0 aliphatic carbocycles. The van der Waals surface area contributed by atoms with Crippen LogP contribution in [-0.4, -0.2) is 52.8 Å². The Morgan fingerprint density at radius 1 is 1.11 bits per heavy atom. The number of ether oxygens (including phenoxy) is 1. The molecule has 2 N–H and O–H groups in total. The molecule has 3 atom stereocenters. The number of alkyl carbamates (subject to hydrolysis) is 1. The third kappa shape index (κ3) is 11.1. The van der Waals surface area contributed by atoms with Gasteiger partial charge in [0.05, 0.1) is 0 Å². The molecule has 0 aromatic heterocycles. The van der Waals surface area contributed by atoms with E-state index < -0.39 is 29.7 Å². The summed E-state index contributed by atoms with van der Waals surface area (Å²) in [6.45, 7) is 14.0. The lowest BCUT2D eigenvalue weighted by atomic mass is 9.96. The molecule has 0 heterocycles. The fourth-order valence-corrected chi connectivity index (χ4v) is 4.06. The Morgan fingerprint density at radius 3 is 2.22 bits per heavy atom. The third-order valence-electron chi connectivity index (χ3n) is 5.81. The van der Waals surface area contributed by atoms with Crippen LogP contribution in [0.25, 0.3) is 0 Å². The minimum atomic E-state index is -0.976. The number of carbonyl (C=O) groups is 3. The van der Waals surface area contributed by atoms with Crippen molar-refractivity contribution in [1.29, 1.82) is 0 Å². The van der Waals surface area contributed by atoms with Crippen molar-refractivity contribution in [3.05, 3.63) is 35.4 Å². The summed E-state index contributed by atoms with van der Waals surface area (Å²) in [7, 11) is 0. The minimum absolute atomic E-state index is 0.0473. The molecule has 0 fully saturated rings. The van der Waals surface area contributed by atoms with Crippen LogP contribution in [0.3, 0.4) is 0 Å². The Balaban J connectivity index is 3.50. The van der Waals surface area contributed by atoms with Crippen molar-refractivity contribution >= 4 is 30.5 Å². The van der Waals surface area contributed by atoms with E-state index in [1.165, 1.54) is 0 Å². The molecule has 3 unspecified atom stereocenters. The first-order valence-corrected chi connectivity index (χ1v) is 13.7. The number of hydrogen-bond donors (Lipinski definition) is 3. The van der Waals surface area contributed by atoms with Crippen LogP contribution in [0.5, 0.6) is 0 Å². The predicted octanol–water partition coefficient (Wildman–Crippen LogP) is 5.10. The van der Waals surface area contributed by atoms with E-state index in [4.69, 9.17) is 11.2 Å². The number of benzene rings is 1. The highest BCUT2D eigenvalue weighted by Crippen LogP contribution is 2.28. The highest BCUT2D eigenvalue weighted by Gasteiger charge is 2.38. The zero-order valence-electron chi connectivity index (χ0n) is 23.5. The standard InChI is InChI=1S/C29H45N3O4S/c1-9-11-18-30-26(33)25(23-16-14-22(10-2)15-17-23)32(21(5)13-12-20(3)4)27(34)24(19-37)31-28(35)36-29(6,7)8/h2,14-17,20-21,24-25,37H,9,11-13,18-19H2,1,3-8H3,(H,30,33)(H,31,35). The van der Waals surface area contributed by atoms with Crippen LogP contribution < -0.4 is 10.6 Å². The second-order valence-electron chi connectivity index (χ2n) is 10.8. The Bertz CT molecular complexity index is 919. The summed E-state index contributed by atoms with van der Waals surface area (Å²) in [4.78, 5) is 41.7. The Hall–Kier alpha value is -2.66. The molecule has 1 aromatic carbocycles. The van der Waals surface area contributed by atoms with Crippen LogP contribution in [-0.2, 0) is 14.3 Å². The van der Waals surface area contributed by atoms with E-state index in [0.717, 1.165) is 19.3 Å². The van der Waals surface area contributed by atoms with E-state index in [1.54, 1.807) is 49.9 Å². The zero-order valence-corrected chi connectivity index (χ0v) is 24.4. The lowest BCUT2D eigenvalue weighted by Crippen LogP contribution is -2.56. The lowest BCUT2D eigenvalue weighted by molar-refractivity contribution is -0.144. The number of hydrogen-bond acceptors (Lipinski definition) is 5. The van der Waals surface area contributed by atoms with E-state index in [0.29, 0.717) is 30.0 Å². The van der Waals surface area contributed by atoms with Gasteiger partial charge in [-0.15, -0.1) is 6.42 Å². The SMILES string of the molecule is C#Cc1ccc(C(C(=O)NCCCC)N(C(=O)C(CS)NC(=O)OC(C)(C)C)C(C)CCC(C)C)cc1. The average Bonchev–Trinajstić information content (AvgIpc) is 2.83.